The molecule has 2 aliphatic rings. The Balaban J connectivity index is 1.48. The molecule has 0 unspecified atom stereocenters. The normalized spacial score (nSPS) is 17.4. The smallest absolute Gasteiger partial charge is 0.247 e. The molecule has 1 aromatic carbocycles. The summed E-state index contributed by atoms with van der Waals surface area (Å²) in [6, 6.07) is 8.56. The maximum absolute atomic E-state index is 11.5. The van der Waals surface area contributed by atoms with Crippen LogP contribution in [-0.4, -0.2) is 58.7 Å². The van der Waals surface area contributed by atoms with E-state index in [9.17, 15) is 4.79 Å². The monoisotopic (exact) mass is 338 g/mol. The summed E-state index contributed by atoms with van der Waals surface area (Å²) in [7, 11) is 0. The minimum Gasteiger partial charge on any atom is -0.350 e. The van der Waals surface area contributed by atoms with Crippen LogP contribution < -0.4 is 9.80 Å². The molecule has 0 saturated carbocycles. The third-order valence-corrected chi connectivity index (χ3v) is 5.00. The first-order valence-corrected chi connectivity index (χ1v) is 8.72. The molecule has 25 heavy (non-hydrogen) atoms. The van der Waals surface area contributed by atoms with E-state index in [1.54, 1.807) is 13.1 Å². The maximum atomic E-state index is 11.5. The number of nitrogens with zero attached hydrogens (tertiary/aromatic N) is 6. The average molecular weight is 338 g/mol. The van der Waals surface area contributed by atoms with Crippen molar-refractivity contribution in [2.24, 2.45) is 0 Å². The standard InChI is InChI=1S/C18H22N6O/c1-14(25)22-8-10-23(11-9-22)18-20-17(12-19-21-18)24-7-6-15-4-2-3-5-16(15)13-24/h2-5,12H,6-11,13H2,1H3. The van der Waals surface area contributed by atoms with E-state index in [0.29, 0.717) is 19.0 Å². The van der Waals surface area contributed by atoms with E-state index in [4.69, 9.17) is 4.98 Å². The van der Waals surface area contributed by atoms with Crippen molar-refractivity contribution in [3.05, 3.63) is 41.6 Å². The van der Waals surface area contributed by atoms with E-state index in [-0.39, 0.29) is 5.91 Å². The molecule has 7 nitrogen and oxygen atoms in total. The zero-order valence-electron chi connectivity index (χ0n) is 14.4. The number of amides is 1. The lowest BCUT2D eigenvalue weighted by molar-refractivity contribution is -0.129. The van der Waals surface area contributed by atoms with Crippen LogP contribution in [0.5, 0.6) is 0 Å². The number of hydrogen-bond donors (Lipinski definition) is 0. The number of hydrogen-bond acceptors (Lipinski definition) is 6. The molecule has 130 valence electrons. The van der Waals surface area contributed by atoms with Gasteiger partial charge in [-0.25, -0.2) is 0 Å². The first kappa shape index (κ1) is 15.8. The molecule has 7 heteroatoms. The van der Waals surface area contributed by atoms with Crippen LogP contribution in [0.15, 0.2) is 30.5 Å². The van der Waals surface area contributed by atoms with Gasteiger partial charge in [0.05, 0.1) is 6.20 Å². The summed E-state index contributed by atoms with van der Waals surface area (Å²) in [5.74, 6) is 1.65. The van der Waals surface area contributed by atoms with Crippen molar-refractivity contribution < 1.29 is 4.79 Å². The topological polar surface area (TPSA) is 65.5 Å². The molecular formula is C18H22N6O. The molecule has 1 fully saturated rings. The highest BCUT2D eigenvalue weighted by atomic mass is 16.2. The maximum Gasteiger partial charge on any atom is 0.247 e. The Labute approximate surface area is 147 Å². The molecule has 0 atom stereocenters. The fourth-order valence-corrected chi connectivity index (χ4v) is 3.48. The van der Waals surface area contributed by atoms with Crippen LogP contribution >= 0.6 is 0 Å². The van der Waals surface area contributed by atoms with Gasteiger partial charge in [0.2, 0.25) is 11.9 Å². The molecule has 0 radical (unpaired) electrons. The molecule has 4 rings (SSSR count). The Kier molecular flexibility index (Phi) is 4.21. The minimum absolute atomic E-state index is 0.124. The molecular weight excluding hydrogens is 316 g/mol. The van der Waals surface area contributed by atoms with Gasteiger partial charge in [-0.05, 0) is 17.5 Å². The minimum atomic E-state index is 0.124. The summed E-state index contributed by atoms with van der Waals surface area (Å²) in [4.78, 5) is 22.4. The second-order valence-corrected chi connectivity index (χ2v) is 6.55. The zero-order chi connectivity index (χ0) is 17.2. The van der Waals surface area contributed by atoms with Crippen molar-refractivity contribution in [2.75, 3.05) is 42.5 Å². The summed E-state index contributed by atoms with van der Waals surface area (Å²) >= 11 is 0. The SMILES string of the molecule is CC(=O)N1CCN(c2nncc(N3CCc4ccccc4C3)n2)CC1. The summed E-state index contributed by atoms with van der Waals surface area (Å²) < 4.78 is 0. The third-order valence-electron chi connectivity index (χ3n) is 5.00. The fourth-order valence-electron chi connectivity index (χ4n) is 3.48. The van der Waals surface area contributed by atoms with Crippen molar-refractivity contribution in [1.29, 1.82) is 0 Å². The molecule has 0 bridgehead atoms. The van der Waals surface area contributed by atoms with Gasteiger partial charge in [0.25, 0.3) is 0 Å². The Hall–Kier alpha value is -2.70. The number of anilines is 2. The lowest BCUT2D eigenvalue weighted by Gasteiger charge is -2.34. The predicted molar refractivity (Wildman–Crippen MR) is 95.5 cm³/mol. The number of aromatic nitrogens is 3. The zero-order valence-corrected chi connectivity index (χ0v) is 14.4. The molecule has 2 aromatic rings. The molecule has 1 saturated heterocycles. The molecule has 0 spiro atoms. The van der Waals surface area contributed by atoms with Gasteiger partial charge < -0.3 is 14.7 Å². The number of rotatable bonds is 2. The van der Waals surface area contributed by atoms with Crippen molar-refractivity contribution in [3.8, 4) is 0 Å². The molecule has 2 aliphatic heterocycles. The Bertz CT molecular complexity index is 772. The van der Waals surface area contributed by atoms with Gasteiger partial charge in [0.15, 0.2) is 5.82 Å². The third kappa shape index (κ3) is 3.26. The van der Waals surface area contributed by atoms with Gasteiger partial charge in [-0.15, -0.1) is 5.10 Å². The highest BCUT2D eigenvalue weighted by molar-refractivity contribution is 5.73. The van der Waals surface area contributed by atoms with Gasteiger partial charge >= 0.3 is 0 Å². The van der Waals surface area contributed by atoms with E-state index in [2.05, 4.69) is 44.3 Å². The molecule has 0 N–H and O–H groups in total. The summed E-state index contributed by atoms with van der Waals surface area (Å²) in [6.45, 7) is 6.31. The van der Waals surface area contributed by atoms with Gasteiger partial charge in [-0.3, -0.25) is 4.79 Å². The quantitative estimate of drug-likeness (QED) is 0.817. The van der Waals surface area contributed by atoms with Gasteiger partial charge in [0, 0.05) is 46.2 Å². The summed E-state index contributed by atoms with van der Waals surface area (Å²) in [5, 5.41) is 8.38. The second kappa shape index (κ2) is 6.66. The van der Waals surface area contributed by atoms with Crippen LogP contribution in [0.4, 0.5) is 11.8 Å². The first-order valence-electron chi connectivity index (χ1n) is 8.72. The van der Waals surface area contributed by atoms with E-state index >= 15 is 0 Å². The largest absolute Gasteiger partial charge is 0.350 e. The Morgan fingerprint density at radius 3 is 2.52 bits per heavy atom. The fraction of sp³-hybridized carbons (Fsp3) is 0.444. The summed E-state index contributed by atoms with van der Waals surface area (Å²) in [5.41, 5.74) is 2.77. The number of benzene rings is 1. The van der Waals surface area contributed by atoms with Crippen LogP contribution in [-0.2, 0) is 17.8 Å². The lowest BCUT2D eigenvalue weighted by Crippen LogP contribution is -2.48. The Morgan fingerprint density at radius 1 is 1.00 bits per heavy atom. The number of carbonyl (C=O) groups is 1. The predicted octanol–water partition coefficient (Wildman–Crippen LogP) is 1.10. The van der Waals surface area contributed by atoms with Gasteiger partial charge in [-0.1, -0.05) is 24.3 Å². The average Bonchev–Trinajstić information content (AvgIpc) is 2.68. The van der Waals surface area contributed by atoms with Crippen LogP contribution in [0.3, 0.4) is 0 Å². The second-order valence-electron chi connectivity index (χ2n) is 6.55. The van der Waals surface area contributed by atoms with Crippen molar-refractivity contribution in [1.82, 2.24) is 20.1 Å². The van der Waals surface area contributed by atoms with Gasteiger partial charge in [0.1, 0.15) is 0 Å². The van der Waals surface area contributed by atoms with Crippen molar-refractivity contribution in [2.45, 2.75) is 19.9 Å². The molecule has 1 amide bonds. The molecule has 0 aliphatic carbocycles. The number of carbonyl (C=O) groups excluding carboxylic acids is 1. The number of fused-ring (bicyclic) bond motifs is 1. The van der Waals surface area contributed by atoms with Crippen LogP contribution in [0.2, 0.25) is 0 Å². The molecule has 3 heterocycles. The first-order chi connectivity index (χ1) is 12.2. The Morgan fingerprint density at radius 2 is 1.76 bits per heavy atom. The van der Waals surface area contributed by atoms with Crippen LogP contribution in [0.25, 0.3) is 0 Å². The lowest BCUT2D eigenvalue weighted by atomic mass is 10.0. The van der Waals surface area contributed by atoms with E-state index < -0.39 is 0 Å². The highest BCUT2D eigenvalue weighted by Crippen LogP contribution is 2.23. The van der Waals surface area contributed by atoms with E-state index in [1.165, 1.54) is 11.1 Å². The summed E-state index contributed by atoms with van der Waals surface area (Å²) in [6.07, 6.45) is 2.76. The van der Waals surface area contributed by atoms with Gasteiger partial charge in [-0.2, -0.15) is 10.1 Å². The van der Waals surface area contributed by atoms with Crippen molar-refractivity contribution >= 4 is 17.7 Å². The van der Waals surface area contributed by atoms with Crippen molar-refractivity contribution in [3.63, 3.8) is 0 Å². The van der Waals surface area contributed by atoms with Crippen LogP contribution in [0.1, 0.15) is 18.1 Å². The van der Waals surface area contributed by atoms with E-state index in [0.717, 1.165) is 38.4 Å². The number of piperazine rings is 1. The molecule has 1 aromatic heterocycles. The van der Waals surface area contributed by atoms with Crippen LogP contribution in [0, 0.1) is 0 Å². The van der Waals surface area contributed by atoms with E-state index in [1.807, 2.05) is 4.90 Å². The highest BCUT2D eigenvalue weighted by Gasteiger charge is 2.22.